The van der Waals surface area contributed by atoms with Crippen LogP contribution in [0.5, 0.6) is 0 Å². The van der Waals surface area contributed by atoms with Gasteiger partial charge in [0.05, 0.1) is 10.5 Å². The van der Waals surface area contributed by atoms with Gasteiger partial charge in [0, 0.05) is 0 Å². The van der Waals surface area contributed by atoms with E-state index in [1.54, 1.807) is 0 Å². The Morgan fingerprint density at radius 2 is 1.85 bits per heavy atom. The molecule has 0 aliphatic heterocycles. The molecule has 0 saturated carbocycles. The maximum Gasteiger partial charge on any atom is 1.00 e. The molecule has 0 radical (unpaired) electrons. The first-order chi connectivity index (χ1) is 5.30. The summed E-state index contributed by atoms with van der Waals surface area (Å²) in [5, 5.41) is 8.41. The summed E-state index contributed by atoms with van der Waals surface area (Å²) in [5.74, 6) is -1.34. The number of hydrogen-bond acceptors (Lipinski definition) is 3. The minimum absolute atomic E-state index is 0. The first kappa shape index (κ1) is 15.6. The van der Waals surface area contributed by atoms with Crippen molar-refractivity contribution >= 4 is 16.1 Å². The van der Waals surface area contributed by atoms with Crippen LogP contribution >= 0.6 is 0 Å². The summed E-state index contributed by atoms with van der Waals surface area (Å²) in [7, 11) is -4.36. The van der Waals surface area contributed by atoms with Crippen LogP contribution in [0.2, 0.25) is 0 Å². The third-order valence-electron chi connectivity index (χ3n) is 1.37. The van der Waals surface area contributed by atoms with E-state index in [4.69, 9.17) is 9.66 Å². The Labute approximate surface area is 100 Å². The van der Waals surface area contributed by atoms with E-state index >= 15 is 0 Å². The molecule has 0 spiro atoms. The number of carboxylic acid groups (broad SMARTS) is 1. The van der Waals surface area contributed by atoms with Gasteiger partial charge in [0.2, 0.25) is 0 Å². The van der Waals surface area contributed by atoms with Gasteiger partial charge in [-0.05, 0) is 13.3 Å². The SMILES string of the molecule is CCC(=C(C)C(=O)O)S(=O)(=O)O.[H-].[Na+]. The number of aliphatic carboxylic acids is 1. The Morgan fingerprint density at radius 1 is 1.46 bits per heavy atom. The van der Waals surface area contributed by atoms with Crippen LogP contribution in [-0.4, -0.2) is 24.0 Å². The van der Waals surface area contributed by atoms with E-state index in [9.17, 15) is 13.2 Å². The first-order valence-corrected chi connectivity index (χ1v) is 4.65. The molecule has 0 aliphatic carbocycles. The van der Waals surface area contributed by atoms with Crippen LogP contribution in [0.1, 0.15) is 21.7 Å². The summed E-state index contributed by atoms with van der Waals surface area (Å²) in [4.78, 5) is 9.86. The van der Waals surface area contributed by atoms with Crippen molar-refractivity contribution in [3.05, 3.63) is 10.5 Å². The van der Waals surface area contributed by atoms with Gasteiger partial charge in [0.25, 0.3) is 10.1 Å². The largest absolute Gasteiger partial charge is 1.00 e. The number of allylic oxidation sites excluding steroid dienone is 1. The van der Waals surface area contributed by atoms with E-state index in [0.717, 1.165) is 6.92 Å². The third-order valence-corrected chi connectivity index (χ3v) is 2.59. The molecule has 0 unspecified atom stereocenters. The predicted molar refractivity (Wildman–Crippen MR) is 43.3 cm³/mol. The zero-order valence-electron chi connectivity index (χ0n) is 8.73. The summed E-state index contributed by atoms with van der Waals surface area (Å²) in [5.41, 5.74) is -0.347. The molecule has 0 aromatic heterocycles. The van der Waals surface area contributed by atoms with Crippen molar-refractivity contribution in [3.8, 4) is 0 Å². The Kier molecular flexibility index (Phi) is 6.91. The van der Waals surface area contributed by atoms with Crippen LogP contribution in [0.3, 0.4) is 0 Å². The second kappa shape index (κ2) is 5.77. The van der Waals surface area contributed by atoms with Gasteiger partial charge in [-0.3, -0.25) is 4.55 Å². The maximum absolute atomic E-state index is 10.5. The molecule has 2 N–H and O–H groups in total. The standard InChI is InChI=1S/C6H10O5S.Na.H/c1-3-5(12(9,10)11)4(2)6(7)8;;/h3H2,1-2H3,(H,7,8)(H,9,10,11);;/q;+1;-1. The zero-order chi connectivity index (χ0) is 9.94. The Bertz CT molecular complexity index is 321. The number of carboxylic acids is 1. The van der Waals surface area contributed by atoms with Gasteiger partial charge in [-0.1, -0.05) is 6.92 Å². The normalized spacial score (nSPS) is 12.8. The van der Waals surface area contributed by atoms with E-state index in [1.807, 2.05) is 0 Å². The van der Waals surface area contributed by atoms with Crippen LogP contribution in [0, 0.1) is 0 Å². The van der Waals surface area contributed by atoms with E-state index in [2.05, 4.69) is 0 Å². The molecular weight excluding hydrogens is 207 g/mol. The van der Waals surface area contributed by atoms with E-state index < -0.39 is 21.0 Å². The fourth-order valence-corrected chi connectivity index (χ4v) is 1.60. The fraction of sp³-hybridized carbons (Fsp3) is 0.500. The van der Waals surface area contributed by atoms with Gasteiger partial charge >= 0.3 is 35.5 Å². The summed E-state index contributed by atoms with van der Waals surface area (Å²) >= 11 is 0. The van der Waals surface area contributed by atoms with E-state index in [1.165, 1.54) is 6.92 Å². The number of carbonyl (C=O) groups is 1. The van der Waals surface area contributed by atoms with Gasteiger partial charge in [-0.2, -0.15) is 8.42 Å². The molecule has 7 heteroatoms. The summed E-state index contributed by atoms with van der Waals surface area (Å²) < 4.78 is 29.6. The number of hydrogen-bond donors (Lipinski definition) is 2. The molecule has 13 heavy (non-hydrogen) atoms. The molecule has 0 bridgehead atoms. The van der Waals surface area contributed by atoms with Gasteiger partial charge < -0.3 is 6.53 Å². The molecule has 5 nitrogen and oxygen atoms in total. The monoisotopic (exact) mass is 218 g/mol. The molecule has 0 aliphatic rings. The Morgan fingerprint density at radius 3 is 1.92 bits per heavy atom. The predicted octanol–water partition coefficient (Wildman–Crippen LogP) is -2.24. The van der Waals surface area contributed by atoms with Gasteiger partial charge in [-0.25, -0.2) is 4.79 Å². The van der Waals surface area contributed by atoms with Crippen molar-refractivity contribution < 1.29 is 53.9 Å². The van der Waals surface area contributed by atoms with Crippen molar-refractivity contribution in [1.82, 2.24) is 0 Å². The maximum atomic E-state index is 10.5. The van der Waals surface area contributed by atoms with Crippen LogP contribution in [0.25, 0.3) is 0 Å². The van der Waals surface area contributed by atoms with E-state index in [-0.39, 0.29) is 43.0 Å². The second-order valence-electron chi connectivity index (χ2n) is 2.18. The van der Waals surface area contributed by atoms with Gasteiger partial charge in [-0.15, -0.1) is 0 Å². The second-order valence-corrected chi connectivity index (χ2v) is 3.62. The molecule has 0 fully saturated rings. The molecule has 0 rings (SSSR count). The van der Waals surface area contributed by atoms with Crippen LogP contribution in [-0.2, 0) is 14.9 Å². The Balaban J connectivity index is -0.000000605. The van der Waals surface area contributed by atoms with Gasteiger partial charge in [0.1, 0.15) is 0 Å². The molecule has 0 aromatic carbocycles. The molecule has 0 saturated heterocycles. The minimum Gasteiger partial charge on any atom is -1.00 e. The minimum atomic E-state index is -4.36. The van der Waals surface area contributed by atoms with Crippen molar-refractivity contribution in [2.24, 2.45) is 0 Å². The smallest absolute Gasteiger partial charge is 1.00 e. The van der Waals surface area contributed by atoms with Crippen molar-refractivity contribution in [2.45, 2.75) is 20.3 Å². The van der Waals surface area contributed by atoms with Crippen molar-refractivity contribution in [2.75, 3.05) is 0 Å². The fourth-order valence-electron chi connectivity index (χ4n) is 0.760. The molecule has 0 aromatic rings. The topological polar surface area (TPSA) is 91.7 Å². The van der Waals surface area contributed by atoms with E-state index in [0.29, 0.717) is 0 Å². The molecule has 0 atom stereocenters. The van der Waals surface area contributed by atoms with Crippen molar-refractivity contribution in [1.29, 1.82) is 0 Å². The summed E-state index contributed by atoms with van der Waals surface area (Å²) in [6.07, 6.45) is -0.0308. The third kappa shape index (κ3) is 4.78. The van der Waals surface area contributed by atoms with Crippen molar-refractivity contribution in [3.63, 3.8) is 0 Å². The van der Waals surface area contributed by atoms with Crippen LogP contribution < -0.4 is 29.6 Å². The van der Waals surface area contributed by atoms with Crippen LogP contribution in [0.4, 0.5) is 0 Å². The molecule has 72 valence electrons. The summed E-state index contributed by atoms with van der Waals surface area (Å²) in [6, 6.07) is 0. The molecular formula is C6H11NaO5S. The first-order valence-electron chi connectivity index (χ1n) is 3.21. The molecule has 0 heterocycles. The van der Waals surface area contributed by atoms with Gasteiger partial charge in [0.15, 0.2) is 0 Å². The average molecular weight is 218 g/mol. The van der Waals surface area contributed by atoms with Crippen LogP contribution in [0.15, 0.2) is 10.5 Å². The number of rotatable bonds is 3. The zero-order valence-corrected chi connectivity index (χ0v) is 10.6. The summed E-state index contributed by atoms with van der Waals surface area (Å²) in [6.45, 7) is 2.59. The Hall–Kier alpha value is 0.120. The molecule has 0 amide bonds. The average Bonchev–Trinajstić information content (AvgIpc) is 1.85. The quantitative estimate of drug-likeness (QED) is 0.317.